The smallest absolute Gasteiger partial charge is 0.267 e. The van der Waals surface area contributed by atoms with Crippen molar-refractivity contribution in [3.63, 3.8) is 0 Å². The van der Waals surface area contributed by atoms with Gasteiger partial charge in [0.2, 0.25) is 5.91 Å². The molecule has 0 radical (unpaired) electrons. The fourth-order valence-electron chi connectivity index (χ4n) is 3.80. The number of piperidine rings is 1. The summed E-state index contributed by atoms with van der Waals surface area (Å²) in [7, 11) is 0. The van der Waals surface area contributed by atoms with Crippen LogP contribution in [0.2, 0.25) is 0 Å². The molecule has 1 spiro atoms. The van der Waals surface area contributed by atoms with E-state index in [-0.39, 0.29) is 23.4 Å². The van der Waals surface area contributed by atoms with E-state index in [1.807, 2.05) is 0 Å². The molecule has 1 saturated carbocycles. The lowest BCUT2D eigenvalue weighted by Crippen LogP contribution is -2.57. The van der Waals surface area contributed by atoms with Crippen LogP contribution in [-0.2, 0) is 9.59 Å². The Hall–Kier alpha value is -1.43. The molecule has 1 saturated heterocycles. The van der Waals surface area contributed by atoms with Crippen LogP contribution in [0, 0.1) is 0 Å². The average molecular weight is 292 g/mol. The van der Waals surface area contributed by atoms with Gasteiger partial charge in [0.25, 0.3) is 5.91 Å². The van der Waals surface area contributed by atoms with E-state index in [9.17, 15) is 9.59 Å². The summed E-state index contributed by atoms with van der Waals surface area (Å²) in [5.41, 5.74) is 3.07. The van der Waals surface area contributed by atoms with Gasteiger partial charge >= 0.3 is 0 Å². The van der Waals surface area contributed by atoms with Crippen molar-refractivity contribution in [1.29, 1.82) is 0 Å². The first-order valence-electron chi connectivity index (χ1n) is 8.08. The summed E-state index contributed by atoms with van der Waals surface area (Å²) in [6.07, 6.45) is 9.10. The third kappa shape index (κ3) is 3.43. The standard InChI is InChI=1S/C15H24N4O2/c20-13-5-4-12(18-19-13)14(21)17-11-6-9-16-15(10-11)7-2-1-3-8-15/h11,16H,1-10H2,(H,17,21)(H,19,20). The molecule has 21 heavy (non-hydrogen) atoms. The van der Waals surface area contributed by atoms with Gasteiger partial charge in [-0.2, -0.15) is 5.10 Å². The Morgan fingerprint density at radius 1 is 1.24 bits per heavy atom. The summed E-state index contributed by atoms with van der Waals surface area (Å²) in [6.45, 7) is 0.966. The molecule has 0 aromatic rings. The Morgan fingerprint density at radius 3 is 2.76 bits per heavy atom. The van der Waals surface area contributed by atoms with E-state index in [4.69, 9.17) is 0 Å². The number of carbonyl (C=O) groups excluding carboxylic acids is 2. The number of nitrogens with one attached hydrogen (secondary N) is 3. The van der Waals surface area contributed by atoms with E-state index in [0.29, 0.717) is 18.6 Å². The molecule has 0 aromatic carbocycles. The maximum atomic E-state index is 12.2. The SMILES string of the molecule is O=C1CCC(C(=O)NC2CCNC3(CCCCC3)C2)=NN1. The monoisotopic (exact) mass is 292 g/mol. The van der Waals surface area contributed by atoms with E-state index in [1.54, 1.807) is 0 Å². The van der Waals surface area contributed by atoms with Crippen LogP contribution in [0.4, 0.5) is 0 Å². The molecule has 0 aromatic heterocycles. The Kier molecular flexibility index (Phi) is 4.24. The van der Waals surface area contributed by atoms with Crippen molar-refractivity contribution in [2.45, 2.75) is 69.4 Å². The fourth-order valence-corrected chi connectivity index (χ4v) is 3.80. The Bertz CT molecular complexity index is 449. The van der Waals surface area contributed by atoms with Gasteiger partial charge in [0.1, 0.15) is 5.71 Å². The quantitative estimate of drug-likeness (QED) is 0.705. The van der Waals surface area contributed by atoms with E-state index in [0.717, 1.165) is 19.4 Å². The van der Waals surface area contributed by atoms with Gasteiger partial charge < -0.3 is 10.6 Å². The molecule has 3 aliphatic rings. The van der Waals surface area contributed by atoms with Gasteiger partial charge in [0.15, 0.2) is 0 Å². The molecule has 3 rings (SSSR count). The average Bonchev–Trinajstić information content (AvgIpc) is 2.49. The number of rotatable bonds is 2. The second-order valence-corrected chi connectivity index (χ2v) is 6.52. The zero-order valence-electron chi connectivity index (χ0n) is 12.4. The summed E-state index contributed by atoms with van der Waals surface area (Å²) in [5.74, 6) is -0.234. The third-order valence-corrected chi connectivity index (χ3v) is 4.94. The van der Waals surface area contributed by atoms with Crippen LogP contribution < -0.4 is 16.1 Å². The van der Waals surface area contributed by atoms with Crippen LogP contribution in [0.1, 0.15) is 57.8 Å². The minimum atomic E-state index is -0.118. The highest BCUT2D eigenvalue weighted by atomic mass is 16.2. The zero-order valence-corrected chi connectivity index (χ0v) is 12.4. The second kappa shape index (κ2) is 6.13. The molecule has 6 heteroatoms. The molecule has 1 aliphatic carbocycles. The minimum absolute atomic E-state index is 0.116. The van der Waals surface area contributed by atoms with Crippen molar-refractivity contribution in [2.75, 3.05) is 6.54 Å². The van der Waals surface area contributed by atoms with Crippen LogP contribution in [0.3, 0.4) is 0 Å². The normalized spacial score (nSPS) is 28.7. The Labute approximate surface area is 125 Å². The molecule has 1 atom stereocenters. The predicted molar refractivity (Wildman–Crippen MR) is 79.8 cm³/mol. The van der Waals surface area contributed by atoms with Gasteiger partial charge in [-0.15, -0.1) is 0 Å². The van der Waals surface area contributed by atoms with Crippen LogP contribution in [0.15, 0.2) is 5.10 Å². The van der Waals surface area contributed by atoms with Crippen molar-refractivity contribution in [1.82, 2.24) is 16.1 Å². The summed E-state index contributed by atoms with van der Waals surface area (Å²) in [4.78, 5) is 23.3. The first kappa shape index (κ1) is 14.5. The van der Waals surface area contributed by atoms with Crippen LogP contribution in [-0.4, -0.2) is 35.7 Å². The number of carbonyl (C=O) groups is 2. The molecule has 2 fully saturated rings. The highest BCUT2D eigenvalue weighted by Gasteiger charge is 2.37. The molecule has 3 N–H and O–H groups in total. The van der Waals surface area contributed by atoms with Gasteiger partial charge in [-0.05, 0) is 32.2 Å². The minimum Gasteiger partial charge on any atom is -0.348 e. The first-order valence-corrected chi connectivity index (χ1v) is 8.08. The fraction of sp³-hybridized carbons (Fsp3) is 0.800. The predicted octanol–water partition coefficient (Wildman–Crippen LogP) is 0.823. The van der Waals surface area contributed by atoms with Gasteiger partial charge in [-0.25, -0.2) is 5.43 Å². The molecule has 116 valence electrons. The van der Waals surface area contributed by atoms with Crippen LogP contribution >= 0.6 is 0 Å². The molecule has 6 nitrogen and oxygen atoms in total. The molecule has 2 heterocycles. The zero-order chi connectivity index (χ0) is 14.7. The maximum Gasteiger partial charge on any atom is 0.267 e. The lowest BCUT2D eigenvalue weighted by atomic mass is 9.75. The van der Waals surface area contributed by atoms with Crippen molar-refractivity contribution in [3.8, 4) is 0 Å². The number of hydrogen-bond acceptors (Lipinski definition) is 4. The van der Waals surface area contributed by atoms with E-state index < -0.39 is 0 Å². The van der Waals surface area contributed by atoms with E-state index in [1.165, 1.54) is 32.1 Å². The Balaban J connectivity index is 1.57. The summed E-state index contributed by atoms with van der Waals surface area (Å²) >= 11 is 0. The first-order chi connectivity index (χ1) is 10.2. The van der Waals surface area contributed by atoms with Gasteiger partial charge in [-0.1, -0.05) is 19.3 Å². The second-order valence-electron chi connectivity index (χ2n) is 6.52. The number of amides is 2. The molecule has 2 aliphatic heterocycles. The van der Waals surface area contributed by atoms with Crippen molar-refractivity contribution < 1.29 is 9.59 Å². The van der Waals surface area contributed by atoms with Crippen LogP contribution in [0.5, 0.6) is 0 Å². The van der Waals surface area contributed by atoms with Crippen molar-refractivity contribution >= 4 is 17.5 Å². The summed E-state index contributed by atoms with van der Waals surface area (Å²) in [6, 6.07) is 0.220. The Morgan fingerprint density at radius 2 is 2.05 bits per heavy atom. The van der Waals surface area contributed by atoms with Gasteiger partial charge in [0.05, 0.1) is 0 Å². The van der Waals surface area contributed by atoms with E-state index >= 15 is 0 Å². The van der Waals surface area contributed by atoms with Crippen molar-refractivity contribution in [3.05, 3.63) is 0 Å². The lowest BCUT2D eigenvalue weighted by molar-refractivity contribution is -0.121. The lowest BCUT2D eigenvalue weighted by Gasteiger charge is -2.44. The molecule has 2 amide bonds. The van der Waals surface area contributed by atoms with Crippen LogP contribution in [0.25, 0.3) is 0 Å². The maximum absolute atomic E-state index is 12.2. The number of hydrazone groups is 1. The number of nitrogens with zero attached hydrogens (tertiary/aromatic N) is 1. The van der Waals surface area contributed by atoms with E-state index in [2.05, 4.69) is 21.2 Å². The topological polar surface area (TPSA) is 82.6 Å². The molecular formula is C15H24N4O2. The highest BCUT2D eigenvalue weighted by molar-refractivity contribution is 6.39. The summed E-state index contributed by atoms with van der Waals surface area (Å²) in [5, 5.41) is 10.7. The van der Waals surface area contributed by atoms with Gasteiger partial charge in [-0.3, -0.25) is 9.59 Å². The molecule has 1 unspecified atom stereocenters. The largest absolute Gasteiger partial charge is 0.348 e. The molecule has 0 bridgehead atoms. The summed E-state index contributed by atoms with van der Waals surface area (Å²) < 4.78 is 0. The van der Waals surface area contributed by atoms with Gasteiger partial charge in [0, 0.05) is 24.4 Å². The molecular weight excluding hydrogens is 268 g/mol. The highest BCUT2D eigenvalue weighted by Crippen LogP contribution is 2.34. The number of hydrogen-bond donors (Lipinski definition) is 3. The van der Waals surface area contributed by atoms with Crippen molar-refractivity contribution in [2.24, 2.45) is 5.10 Å². The third-order valence-electron chi connectivity index (χ3n) is 4.94.